The van der Waals surface area contributed by atoms with Gasteiger partial charge in [0.2, 0.25) is 5.91 Å². The maximum atomic E-state index is 12.9. The number of hydrogen-bond acceptors (Lipinski definition) is 4. The summed E-state index contributed by atoms with van der Waals surface area (Å²) in [7, 11) is 1.70. The Morgan fingerprint density at radius 3 is 2.58 bits per heavy atom. The fraction of sp³-hybridized carbons (Fsp3) is 0.667. The summed E-state index contributed by atoms with van der Waals surface area (Å²) < 4.78 is 5.39. The normalized spacial score (nSPS) is 21.4. The second-order valence-corrected chi connectivity index (χ2v) is 7.79. The van der Waals surface area contributed by atoms with Crippen LogP contribution in [0.2, 0.25) is 0 Å². The zero-order valence-electron chi connectivity index (χ0n) is 16.0. The van der Waals surface area contributed by atoms with E-state index in [0.717, 1.165) is 64.8 Å². The van der Waals surface area contributed by atoms with Crippen molar-refractivity contribution in [3.8, 4) is 0 Å². The Bertz CT molecular complexity index is 544. The van der Waals surface area contributed by atoms with Crippen LogP contribution < -0.4 is 10.6 Å². The summed E-state index contributed by atoms with van der Waals surface area (Å²) >= 11 is 0. The Balaban J connectivity index is 1.43. The van der Waals surface area contributed by atoms with Gasteiger partial charge in [0, 0.05) is 32.8 Å². The Morgan fingerprint density at radius 1 is 1.23 bits per heavy atom. The molecule has 144 valence electrons. The van der Waals surface area contributed by atoms with E-state index in [1.54, 1.807) is 7.11 Å². The molecule has 1 aromatic carbocycles. The Kier molecular flexibility index (Phi) is 7.06. The number of piperidine rings is 2. The molecule has 1 aromatic rings. The minimum atomic E-state index is -0.343. The molecular weight excluding hydrogens is 326 g/mol. The quantitative estimate of drug-likeness (QED) is 0.780. The molecule has 2 N–H and O–H groups in total. The zero-order valence-corrected chi connectivity index (χ0v) is 16.0. The van der Waals surface area contributed by atoms with Crippen LogP contribution in [0.5, 0.6) is 0 Å². The molecule has 2 heterocycles. The lowest BCUT2D eigenvalue weighted by Gasteiger charge is -2.38. The van der Waals surface area contributed by atoms with Gasteiger partial charge in [-0.05, 0) is 50.8 Å². The van der Waals surface area contributed by atoms with Crippen molar-refractivity contribution in [2.75, 3.05) is 46.4 Å². The van der Waals surface area contributed by atoms with Gasteiger partial charge in [-0.25, -0.2) is 0 Å². The Labute approximate surface area is 157 Å². The average molecular weight is 360 g/mol. The van der Waals surface area contributed by atoms with Crippen LogP contribution in [-0.2, 0) is 16.0 Å². The SMILES string of the molecule is COCC1(C(=O)NC2CCN(CCc3ccccc3)CC2)CCNCC1. The maximum Gasteiger partial charge on any atom is 0.228 e. The summed E-state index contributed by atoms with van der Waals surface area (Å²) in [6, 6.07) is 11.0. The molecule has 2 aliphatic rings. The molecule has 2 fully saturated rings. The molecule has 0 aliphatic carbocycles. The van der Waals surface area contributed by atoms with Gasteiger partial charge in [-0.1, -0.05) is 30.3 Å². The van der Waals surface area contributed by atoms with E-state index >= 15 is 0 Å². The number of ether oxygens (including phenoxy) is 1. The van der Waals surface area contributed by atoms with Crippen LogP contribution in [0.25, 0.3) is 0 Å². The second kappa shape index (κ2) is 9.49. The summed E-state index contributed by atoms with van der Waals surface area (Å²) in [5.74, 6) is 0.198. The van der Waals surface area contributed by atoms with E-state index in [4.69, 9.17) is 4.74 Å². The number of amides is 1. The first-order chi connectivity index (χ1) is 12.7. The molecule has 2 aliphatic heterocycles. The first-order valence-electron chi connectivity index (χ1n) is 9.99. The number of rotatable bonds is 7. The maximum absolute atomic E-state index is 12.9. The molecule has 0 saturated carbocycles. The highest BCUT2D eigenvalue weighted by molar-refractivity contribution is 5.83. The number of carbonyl (C=O) groups is 1. The number of nitrogens with one attached hydrogen (secondary N) is 2. The highest BCUT2D eigenvalue weighted by Gasteiger charge is 2.40. The van der Waals surface area contributed by atoms with Gasteiger partial charge in [0.05, 0.1) is 12.0 Å². The lowest BCUT2D eigenvalue weighted by Crippen LogP contribution is -2.54. The van der Waals surface area contributed by atoms with Gasteiger partial charge in [-0.15, -0.1) is 0 Å². The molecule has 0 bridgehead atoms. The fourth-order valence-electron chi connectivity index (χ4n) is 4.19. The van der Waals surface area contributed by atoms with Crippen molar-refractivity contribution in [1.82, 2.24) is 15.5 Å². The van der Waals surface area contributed by atoms with Gasteiger partial charge in [0.15, 0.2) is 0 Å². The summed E-state index contributed by atoms with van der Waals surface area (Å²) in [5.41, 5.74) is 1.06. The zero-order chi connectivity index (χ0) is 18.2. The van der Waals surface area contributed by atoms with Crippen LogP contribution in [-0.4, -0.2) is 63.3 Å². The standard InChI is InChI=1S/C21H33N3O2/c1-26-17-21(10-12-22-13-11-21)20(25)23-19-8-15-24(16-9-19)14-7-18-5-3-2-4-6-18/h2-6,19,22H,7-17H2,1H3,(H,23,25). The topological polar surface area (TPSA) is 53.6 Å². The van der Waals surface area contributed by atoms with Crippen LogP contribution in [0.15, 0.2) is 30.3 Å². The smallest absolute Gasteiger partial charge is 0.228 e. The van der Waals surface area contributed by atoms with E-state index in [1.807, 2.05) is 0 Å². The molecule has 0 radical (unpaired) electrons. The Morgan fingerprint density at radius 2 is 1.92 bits per heavy atom. The molecule has 5 heteroatoms. The summed E-state index contributed by atoms with van der Waals surface area (Å²) in [6.45, 7) is 5.55. The van der Waals surface area contributed by atoms with E-state index in [0.29, 0.717) is 12.6 Å². The number of hydrogen-bond donors (Lipinski definition) is 2. The predicted octanol–water partition coefficient (Wildman–Crippen LogP) is 1.83. The molecular formula is C21H33N3O2. The van der Waals surface area contributed by atoms with Crippen molar-refractivity contribution in [3.63, 3.8) is 0 Å². The Hall–Kier alpha value is -1.43. The number of benzene rings is 1. The minimum absolute atomic E-state index is 0.198. The van der Waals surface area contributed by atoms with Gasteiger partial charge in [-0.3, -0.25) is 4.79 Å². The summed E-state index contributed by atoms with van der Waals surface area (Å²) in [6.07, 6.45) is 4.91. The van der Waals surface area contributed by atoms with Crippen LogP contribution in [0.3, 0.4) is 0 Å². The van der Waals surface area contributed by atoms with Crippen LogP contribution in [0, 0.1) is 5.41 Å². The van der Waals surface area contributed by atoms with Gasteiger partial charge in [-0.2, -0.15) is 0 Å². The fourth-order valence-corrected chi connectivity index (χ4v) is 4.19. The van der Waals surface area contributed by atoms with Gasteiger partial charge in [0.25, 0.3) is 0 Å². The van der Waals surface area contributed by atoms with Crippen molar-refractivity contribution in [2.24, 2.45) is 5.41 Å². The number of nitrogens with zero attached hydrogens (tertiary/aromatic N) is 1. The monoisotopic (exact) mass is 359 g/mol. The third-order valence-corrected chi connectivity index (χ3v) is 5.95. The molecule has 3 rings (SSSR count). The number of likely N-dealkylation sites (tertiary alicyclic amines) is 1. The summed E-state index contributed by atoms with van der Waals surface area (Å²) in [4.78, 5) is 15.5. The van der Waals surface area contributed by atoms with E-state index in [2.05, 4.69) is 45.9 Å². The van der Waals surface area contributed by atoms with E-state index in [1.165, 1.54) is 5.56 Å². The molecule has 26 heavy (non-hydrogen) atoms. The minimum Gasteiger partial charge on any atom is -0.384 e. The van der Waals surface area contributed by atoms with E-state index in [-0.39, 0.29) is 11.3 Å². The molecule has 5 nitrogen and oxygen atoms in total. The van der Waals surface area contributed by atoms with Crippen molar-refractivity contribution >= 4 is 5.91 Å². The largest absolute Gasteiger partial charge is 0.384 e. The highest BCUT2D eigenvalue weighted by Crippen LogP contribution is 2.30. The molecule has 1 amide bonds. The number of methoxy groups -OCH3 is 1. The van der Waals surface area contributed by atoms with Crippen LogP contribution >= 0.6 is 0 Å². The third-order valence-electron chi connectivity index (χ3n) is 5.95. The molecule has 0 atom stereocenters. The highest BCUT2D eigenvalue weighted by atomic mass is 16.5. The van der Waals surface area contributed by atoms with Crippen molar-refractivity contribution in [3.05, 3.63) is 35.9 Å². The van der Waals surface area contributed by atoms with Gasteiger partial charge < -0.3 is 20.3 Å². The molecule has 0 aromatic heterocycles. The van der Waals surface area contributed by atoms with Crippen molar-refractivity contribution < 1.29 is 9.53 Å². The summed E-state index contributed by atoms with van der Waals surface area (Å²) in [5, 5.41) is 6.68. The van der Waals surface area contributed by atoms with Crippen LogP contribution in [0.1, 0.15) is 31.2 Å². The van der Waals surface area contributed by atoms with Crippen LogP contribution in [0.4, 0.5) is 0 Å². The predicted molar refractivity (Wildman–Crippen MR) is 104 cm³/mol. The first-order valence-corrected chi connectivity index (χ1v) is 9.99. The third kappa shape index (κ3) is 5.06. The molecule has 0 unspecified atom stereocenters. The molecule has 0 spiro atoms. The van der Waals surface area contributed by atoms with Crippen molar-refractivity contribution in [1.29, 1.82) is 0 Å². The lowest BCUT2D eigenvalue weighted by molar-refractivity contribution is -0.137. The number of carbonyl (C=O) groups excluding carboxylic acids is 1. The van der Waals surface area contributed by atoms with E-state index < -0.39 is 0 Å². The lowest BCUT2D eigenvalue weighted by atomic mass is 9.78. The van der Waals surface area contributed by atoms with Gasteiger partial charge >= 0.3 is 0 Å². The second-order valence-electron chi connectivity index (χ2n) is 7.79. The van der Waals surface area contributed by atoms with Crippen molar-refractivity contribution in [2.45, 2.75) is 38.1 Å². The average Bonchev–Trinajstić information content (AvgIpc) is 2.69. The molecule has 2 saturated heterocycles. The first kappa shape index (κ1) is 19.3. The van der Waals surface area contributed by atoms with E-state index in [9.17, 15) is 4.79 Å². The van der Waals surface area contributed by atoms with Gasteiger partial charge in [0.1, 0.15) is 0 Å².